The summed E-state index contributed by atoms with van der Waals surface area (Å²) in [5.74, 6) is 0.424. The van der Waals surface area contributed by atoms with Crippen LogP contribution in [0.3, 0.4) is 0 Å². The molecule has 0 spiro atoms. The Kier molecular flexibility index (Phi) is 3.57. The second-order valence-corrected chi connectivity index (χ2v) is 4.08. The normalized spacial score (nSPS) is 9.94. The lowest BCUT2D eigenvalue weighted by molar-refractivity contribution is 0.708. The van der Waals surface area contributed by atoms with Gasteiger partial charge in [0.1, 0.15) is 0 Å². The van der Waals surface area contributed by atoms with Gasteiger partial charge in [0.25, 0.3) is 0 Å². The van der Waals surface area contributed by atoms with Crippen LogP contribution in [0.4, 0.5) is 0 Å². The number of nitrogens with zero attached hydrogens (tertiary/aromatic N) is 4. The second kappa shape index (κ2) is 5.33. The average Bonchev–Trinajstić information content (AvgIpc) is 2.75. The van der Waals surface area contributed by atoms with E-state index in [-0.39, 0.29) is 0 Å². The van der Waals surface area contributed by atoms with Crippen molar-refractivity contribution in [3.05, 3.63) is 42.5 Å². The van der Waals surface area contributed by atoms with Crippen molar-refractivity contribution in [1.82, 2.24) is 14.5 Å². The van der Waals surface area contributed by atoms with E-state index in [0.717, 1.165) is 11.7 Å². The molecular formula is C11H10N4S. The molecule has 4 nitrogen and oxygen atoms in total. The van der Waals surface area contributed by atoms with Crippen LogP contribution in [0, 0.1) is 11.3 Å². The molecule has 0 aliphatic carbocycles. The fraction of sp³-hybridized carbons (Fsp3) is 0.182. The summed E-state index contributed by atoms with van der Waals surface area (Å²) in [4.78, 5) is 8.18. The summed E-state index contributed by atoms with van der Waals surface area (Å²) in [6, 6.07) is 6.04. The summed E-state index contributed by atoms with van der Waals surface area (Å²) in [5, 5.41) is 9.40. The van der Waals surface area contributed by atoms with Crippen molar-refractivity contribution in [2.75, 3.05) is 5.75 Å². The van der Waals surface area contributed by atoms with Gasteiger partial charge in [0, 0.05) is 31.3 Å². The number of hydrogen-bond acceptors (Lipinski definition) is 4. The molecule has 0 atom stereocenters. The molecule has 0 saturated heterocycles. The maximum atomic E-state index is 8.53. The summed E-state index contributed by atoms with van der Waals surface area (Å²) in [6.45, 7) is 0.760. The smallest absolute Gasteiger partial charge is 0.169 e. The number of thioether (sulfide) groups is 1. The number of rotatable bonds is 4. The number of pyridine rings is 1. The molecule has 0 aromatic carbocycles. The highest BCUT2D eigenvalue weighted by Gasteiger charge is 2.03. The highest BCUT2D eigenvalue weighted by molar-refractivity contribution is 7.99. The van der Waals surface area contributed by atoms with E-state index in [1.807, 2.05) is 22.9 Å². The molecular weight excluding hydrogens is 220 g/mol. The first kappa shape index (κ1) is 10.7. The summed E-state index contributed by atoms with van der Waals surface area (Å²) in [7, 11) is 0. The molecule has 0 fully saturated rings. The minimum Gasteiger partial charge on any atom is -0.322 e. The van der Waals surface area contributed by atoms with E-state index in [0.29, 0.717) is 5.75 Å². The third-order valence-electron chi connectivity index (χ3n) is 2.05. The van der Waals surface area contributed by atoms with Gasteiger partial charge in [0.15, 0.2) is 5.16 Å². The van der Waals surface area contributed by atoms with Gasteiger partial charge in [0.2, 0.25) is 0 Å². The molecule has 0 saturated carbocycles. The number of nitriles is 1. The zero-order valence-electron chi connectivity index (χ0n) is 8.58. The quantitative estimate of drug-likeness (QED) is 0.753. The SMILES string of the molecule is N#CCSc1nccn1Cc1ccncc1. The van der Waals surface area contributed by atoms with Gasteiger partial charge in [-0.3, -0.25) is 4.98 Å². The van der Waals surface area contributed by atoms with Crippen molar-refractivity contribution in [2.45, 2.75) is 11.7 Å². The fourth-order valence-electron chi connectivity index (χ4n) is 1.34. The molecule has 0 bridgehead atoms. The molecule has 0 amide bonds. The van der Waals surface area contributed by atoms with Crippen LogP contribution in [0.5, 0.6) is 0 Å². The molecule has 0 aliphatic heterocycles. The van der Waals surface area contributed by atoms with Gasteiger partial charge >= 0.3 is 0 Å². The van der Waals surface area contributed by atoms with Crippen LogP contribution in [-0.4, -0.2) is 20.3 Å². The van der Waals surface area contributed by atoms with Gasteiger partial charge < -0.3 is 4.57 Å². The summed E-state index contributed by atoms with van der Waals surface area (Å²) >= 11 is 1.45. The van der Waals surface area contributed by atoms with E-state index >= 15 is 0 Å². The zero-order chi connectivity index (χ0) is 11.2. The topological polar surface area (TPSA) is 54.5 Å². The molecule has 2 heterocycles. The van der Waals surface area contributed by atoms with E-state index in [1.165, 1.54) is 17.3 Å². The number of hydrogen-bond donors (Lipinski definition) is 0. The summed E-state index contributed by atoms with van der Waals surface area (Å²) in [6.07, 6.45) is 7.21. The van der Waals surface area contributed by atoms with Crippen LogP contribution >= 0.6 is 11.8 Å². The predicted molar refractivity (Wildman–Crippen MR) is 61.9 cm³/mol. The van der Waals surface area contributed by atoms with E-state index in [2.05, 4.69) is 16.0 Å². The van der Waals surface area contributed by atoms with Gasteiger partial charge in [-0.15, -0.1) is 0 Å². The van der Waals surface area contributed by atoms with Crippen molar-refractivity contribution in [3.8, 4) is 6.07 Å². The minimum absolute atomic E-state index is 0.424. The second-order valence-electron chi connectivity index (χ2n) is 3.14. The fourth-order valence-corrected chi connectivity index (χ4v) is 1.96. The Hall–Kier alpha value is -1.80. The highest BCUT2D eigenvalue weighted by atomic mass is 32.2. The monoisotopic (exact) mass is 230 g/mol. The van der Waals surface area contributed by atoms with E-state index < -0.39 is 0 Å². The molecule has 0 N–H and O–H groups in total. The first-order valence-electron chi connectivity index (χ1n) is 4.80. The van der Waals surface area contributed by atoms with Gasteiger partial charge in [-0.1, -0.05) is 11.8 Å². The lowest BCUT2D eigenvalue weighted by atomic mass is 10.3. The minimum atomic E-state index is 0.424. The van der Waals surface area contributed by atoms with Crippen molar-refractivity contribution in [3.63, 3.8) is 0 Å². The maximum Gasteiger partial charge on any atom is 0.169 e. The third-order valence-corrected chi connectivity index (χ3v) is 2.92. The lowest BCUT2D eigenvalue weighted by Gasteiger charge is -2.05. The van der Waals surface area contributed by atoms with Gasteiger partial charge in [-0.2, -0.15) is 5.26 Å². The first-order valence-corrected chi connectivity index (χ1v) is 5.78. The molecule has 0 radical (unpaired) electrons. The Morgan fingerprint density at radius 1 is 1.31 bits per heavy atom. The summed E-state index contributed by atoms with van der Waals surface area (Å²) < 4.78 is 2.03. The average molecular weight is 230 g/mol. The molecule has 5 heteroatoms. The van der Waals surface area contributed by atoms with Crippen LogP contribution in [0.25, 0.3) is 0 Å². The van der Waals surface area contributed by atoms with Crippen molar-refractivity contribution in [1.29, 1.82) is 5.26 Å². The van der Waals surface area contributed by atoms with Crippen LogP contribution in [0.1, 0.15) is 5.56 Å². The van der Waals surface area contributed by atoms with Crippen LogP contribution < -0.4 is 0 Å². The Labute approximate surface area is 98.0 Å². The van der Waals surface area contributed by atoms with Gasteiger partial charge in [-0.25, -0.2) is 4.98 Å². The molecule has 2 aromatic heterocycles. The zero-order valence-corrected chi connectivity index (χ0v) is 9.39. The Morgan fingerprint density at radius 2 is 2.12 bits per heavy atom. The van der Waals surface area contributed by atoms with E-state index in [4.69, 9.17) is 5.26 Å². The Morgan fingerprint density at radius 3 is 2.88 bits per heavy atom. The van der Waals surface area contributed by atoms with Crippen LogP contribution in [0.2, 0.25) is 0 Å². The van der Waals surface area contributed by atoms with Gasteiger partial charge in [0.05, 0.1) is 11.8 Å². The summed E-state index contributed by atoms with van der Waals surface area (Å²) in [5.41, 5.74) is 1.17. The lowest BCUT2D eigenvalue weighted by Crippen LogP contribution is -2.00. The molecule has 2 rings (SSSR count). The van der Waals surface area contributed by atoms with Crippen LogP contribution in [0.15, 0.2) is 42.1 Å². The Balaban J connectivity index is 2.10. The van der Waals surface area contributed by atoms with Gasteiger partial charge in [-0.05, 0) is 17.7 Å². The van der Waals surface area contributed by atoms with Crippen molar-refractivity contribution >= 4 is 11.8 Å². The number of imidazole rings is 1. The standard InChI is InChI=1S/C11H10N4S/c12-3-8-16-11-14-6-7-15(11)9-10-1-4-13-5-2-10/h1-2,4-7H,8-9H2. The highest BCUT2D eigenvalue weighted by Crippen LogP contribution is 2.16. The van der Waals surface area contributed by atoms with Crippen molar-refractivity contribution in [2.24, 2.45) is 0 Å². The predicted octanol–water partition coefficient (Wildman–Crippen LogP) is 1.94. The number of aromatic nitrogens is 3. The van der Waals surface area contributed by atoms with Crippen LogP contribution in [-0.2, 0) is 6.54 Å². The molecule has 80 valence electrons. The van der Waals surface area contributed by atoms with E-state index in [1.54, 1.807) is 18.6 Å². The molecule has 0 unspecified atom stereocenters. The molecule has 0 aliphatic rings. The maximum absolute atomic E-state index is 8.53. The third kappa shape index (κ3) is 2.61. The molecule has 16 heavy (non-hydrogen) atoms. The van der Waals surface area contributed by atoms with E-state index in [9.17, 15) is 0 Å². The molecule has 2 aromatic rings. The largest absolute Gasteiger partial charge is 0.322 e. The first-order chi connectivity index (χ1) is 7.90. The van der Waals surface area contributed by atoms with Crippen molar-refractivity contribution < 1.29 is 0 Å². The Bertz CT molecular complexity index is 486.